The fraction of sp³-hybridized carbons (Fsp3) is 0.235. The predicted octanol–water partition coefficient (Wildman–Crippen LogP) is -0.766. The second-order valence-electron chi connectivity index (χ2n) is 5.86. The minimum atomic E-state index is -3.89. The first-order valence-electron chi connectivity index (χ1n) is 7.61. The highest BCUT2D eigenvalue weighted by Crippen LogP contribution is 2.40. The highest BCUT2D eigenvalue weighted by atomic mass is 32.2. The quantitative estimate of drug-likeness (QED) is 0.384. The summed E-state index contributed by atoms with van der Waals surface area (Å²) in [6.45, 7) is 0.570. The molecule has 0 radical (unpaired) electrons. The Morgan fingerprint density at radius 3 is 2.54 bits per heavy atom. The Morgan fingerprint density at radius 2 is 1.96 bits per heavy atom. The number of nitrogens with zero attached hydrogens (tertiary/aromatic N) is 1. The SMILES string of the molecule is CC(=O)OCC1=C(C(=O)[O-])N2C(=O)/C(=C\c3ccccc3)[C@H]2S(=O)(=O)C1. The van der Waals surface area contributed by atoms with Crippen molar-refractivity contribution in [3.63, 3.8) is 0 Å². The molecule has 0 spiro atoms. The third kappa shape index (κ3) is 3.01. The van der Waals surface area contributed by atoms with Crippen molar-refractivity contribution < 1.29 is 32.6 Å². The van der Waals surface area contributed by atoms with Gasteiger partial charge in [-0.25, -0.2) is 8.42 Å². The first-order valence-corrected chi connectivity index (χ1v) is 9.32. The smallest absolute Gasteiger partial charge is 0.302 e. The average molecular weight is 376 g/mol. The zero-order chi connectivity index (χ0) is 19.1. The van der Waals surface area contributed by atoms with Gasteiger partial charge in [-0.2, -0.15) is 0 Å². The number of rotatable bonds is 4. The van der Waals surface area contributed by atoms with Crippen LogP contribution in [0.2, 0.25) is 0 Å². The van der Waals surface area contributed by atoms with Gasteiger partial charge in [-0.15, -0.1) is 0 Å². The lowest BCUT2D eigenvalue weighted by Crippen LogP contribution is -2.63. The van der Waals surface area contributed by atoms with Gasteiger partial charge in [-0.3, -0.25) is 14.5 Å². The molecule has 0 unspecified atom stereocenters. The summed E-state index contributed by atoms with van der Waals surface area (Å²) in [6.07, 6.45) is 1.42. The van der Waals surface area contributed by atoms with Gasteiger partial charge in [-0.05, 0) is 11.6 Å². The number of benzene rings is 1. The van der Waals surface area contributed by atoms with Gasteiger partial charge in [0.2, 0.25) is 0 Å². The van der Waals surface area contributed by atoms with Crippen molar-refractivity contribution in [1.29, 1.82) is 0 Å². The van der Waals surface area contributed by atoms with Crippen LogP contribution in [0.15, 0.2) is 47.2 Å². The number of β-lactam (4-membered cyclic amide) rings is 1. The summed E-state index contributed by atoms with van der Waals surface area (Å²) < 4.78 is 29.9. The van der Waals surface area contributed by atoms with E-state index in [0.717, 1.165) is 6.92 Å². The summed E-state index contributed by atoms with van der Waals surface area (Å²) >= 11 is 0. The number of carbonyl (C=O) groups excluding carboxylic acids is 3. The number of esters is 1. The Morgan fingerprint density at radius 1 is 1.31 bits per heavy atom. The number of carboxylic acid groups (broad SMARTS) is 1. The zero-order valence-electron chi connectivity index (χ0n) is 13.7. The molecule has 0 bridgehead atoms. The van der Waals surface area contributed by atoms with Crippen molar-refractivity contribution in [3.8, 4) is 0 Å². The minimum Gasteiger partial charge on any atom is -0.543 e. The molecule has 0 N–H and O–H groups in total. The highest BCUT2D eigenvalue weighted by molar-refractivity contribution is 7.92. The van der Waals surface area contributed by atoms with Gasteiger partial charge in [0.15, 0.2) is 15.2 Å². The normalized spacial score (nSPS) is 22.7. The number of sulfone groups is 1. The fourth-order valence-corrected chi connectivity index (χ4v) is 4.90. The molecular formula is C17H14NO7S-. The molecule has 1 atom stereocenters. The van der Waals surface area contributed by atoms with E-state index in [9.17, 15) is 27.9 Å². The van der Waals surface area contributed by atoms with Gasteiger partial charge in [0.25, 0.3) is 5.91 Å². The molecule has 1 saturated heterocycles. The van der Waals surface area contributed by atoms with Crippen LogP contribution in [-0.2, 0) is 29.0 Å². The maximum absolute atomic E-state index is 12.6. The number of carboxylic acids is 1. The van der Waals surface area contributed by atoms with Crippen LogP contribution in [0.5, 0.6) is 0 Å². The van der Waals surface area contributed by atoms with E-state index in [0.29, 0.717) is 10.5 Å². The van der Waals surface area contributed by atoms with E-state index in [1.165, 1.54) is 6.08 Å². The van der Waals surface area contributed by atoms with Gasteiger partial charge in [0.05, 0.1) is 23.0 Å². The number of fused-ring (bicyclic) bond motifs is 1. The summed E-state index contributed by atoms with van der Waals surface area (Å²) in [6, 6.07) is 8.62. The molecule has 0 saturated carbocycles. The molecule has 2 aliphatic heterocycles. The lowest BCUT2D eigenvalue weighted by Gasteiger charge is -2.47. The summed E-state index contributed by atoms with van der Waals surface area (Å²) in [4.78, 5) is 35.6. The molecule has 0 aromatic heterocycles. The maximum atomic E-state index is 12.6. The van der Waals surface area contributed by atoms with Crippen LogP contribution >= 0.6 is 0 Å². The first-order chi connectivity index (χ1) is 12.2. The van der Waals surface area contributed by atoms with Crippen molar-refractivity contribution in [2.24, 2.45) is 0 Å². The summed E-state index contributed by atoms with van der Waals surface area (Å²) in [7, 11) is -3.89. The van der Waals surface area contributed by atoms with E-state index < -0.39 is 51.1 Å². The molecular weight excluding hydrogens is 362 g/mol. The molecule has 1 aromatic carbocycles. The van der Waals surface area contributed by atoms with E-state index in [1.54, 1.807) is 30.3 Å². The largest absolute Gasteiger partial charge is 0.543 e. The summed E-state index contributed by atoms with van der Waals surface area (Å²) in [5, 5.41) is 10.1. The number of aliphatic carboxylic acids is 1. The number of amides is 1. The maximum Gasteiger partial charge on any atom is 0.302 e. The number of hydrogen-bond acceptors (Lipinski definition) is 7. The van der Waals surface area contributed by atoms with E-state index in [4.69, 9.17) is 4.74 Å². The Kier molecular flexibility index (Phi) is 4.41. The first kappa shape index (κ1) is 17.9. The molecule has 2 heterocycles. The van der Waals surface area contributed by atoms with Gasteiger partial charge < -0.3 is 14.6 Å². The Labute approximate surface area is 149 Å². The highest BCUT2D eigenvalue weighted by Gasteiger charge is 2.55. The third-order valence-corrected chi connectivity index (χ3v) is 5.92. The van der Waals surface area contributed by atoms with Crippen LogP contribution in [0.3, 0.4) is 0 Å². The average Bonchev–Trinajstić information content (AvgIpc) is 2.57. The zero-order valence-corrected chi connectivity index (χ0v) is 14.5. The molecule has 3 rings (SSSR count). The second kappa shape index (κ2) is 6.41. The van der Waals surface area contributed by atoms with Crippen molar-refractivity contribution >= 4 is 33.8 Å². The molecule has 136 valence electrons. The molecule has 1 fully saturated rings. The Hall–Kier alpha value is -2.94. The van der Waals surface area contributed by atoms with E-state index in [2.05, 4.69) is 0 Å². The van der Waals surface area contributed by atoms with Crippen LogP contribution in [-0.4, -0.2) is 48.9 Å². The van der Waals surface area contributed by atoms with Gasteiger partial charge in [0.1, 0.15) is 6.61 Å². The van der Waals surface area contributed by atoms with Crippen molar-refractivity contribution in [2.75, 3.05) is 12.4 Å². The number of hydrogen-bond donors (Lipinski definition) is 0. The lowest BCUT2D eigenvalue weighted by molar-refractivity contribution is -0.301. The standard InChI is InChI=1S/C17H15NO7S/c1-10(19)25-8-12-9-26(23,24)16-13(7-11-5-3-2-4-6-11)15(20)18(16)14(12)17(21)22/h2-7,16H,8-9H2,1H3,(H,21,22)/p-1/b13-7+/t16-/m1/s1. The van der Waals surface area contributed by atoms with Gasteiger partial charge >= 0.3 is 5.97 Å². The number of carbonyl (C=O) groups is 3. The lowest BCUT2D eigenvalue weighted by atomic mass is 9.99. The van der Waals surface area contributed by atoms with Crippen LogP contribution in [0, 0.1) is 0 Å². The second-order valence-corrected chi connectivity index (χ2v) is 7.93. The van der Waals surface area contributed by atoms with Crippen LogP contribution in [0.4, 0.5) is 0 Å². The predicted molar refractivity (Wildman–Crippen MR) is 87.5 cm³/mol. The molecule has 2 aliphatic rings. The van der Waals surface area contributed by atoms with Crippen molar-refractivity contribution in [3.05, 3.63) is 52.7 Å². The van der Waals surface area contributed by atoms with E-state index in [1.807, 2.05) is 0 Å². The van der Waals surface area contributed by atoms with Crippen LogP contribution in [0.1, 0.15) is 12.5 Å². The molecule has 0 aliphatic carbocycles. The molecule has 9 heteroatoms. The molecule has 1 aromatic rings. The summed E-state index contributed by atoms with van der Waals surface area (Å²) in [5.41, 5.74) is -0.137. The molecule has 26 heavy (non-hydrogen) atoms. The Bertz CT molecular complexity index is 960. The van der Waals surface area contributed by atoms with E-state index in [-0.39, 0.29) is 11.1 Å². The van der Waals surface area contributed by atoms with Crippen LogP contribution < -0.4 is 5.11 Å². The number of ether oxygens (including phenoxy) is 1. The third-order valence-electron chi connectivity index (χ3n) is 4.02. The summed E-state index contributed by atoms with van der Waals surface area (Å²) in [5.74, 6) is -3.76. The van der Waals surface area contributed by atoms with Crippen molar-refractivity contribution in [1.82, 2.24) is 4.90 Å². The van der Waals surface area contributed by atoms with Crippen molar-refractivity contribution in [2.45, 2.75) is 12.3 Å². The van der Waals surface area contributed by atoms with Gasteiger partial charge in [-0.1, -0.05) is 30.3 Å². The Balaban J connectivity index is 2.04. The topological polar surface area (TPSA) is 121 Å². The van der Waals surface area contributed by atoms with E-state index >= 15 is 0 Å². The molecule has 8 nitrogen and oxygen atoms in total. The van der Waals surface area contributed by atoms with Gasteiger partial charge in [0, 0.05) is 12.5 Å². The monoisotopic (exact) mass is 376 g/mol. The fourth-order valence-electron chi connectivity index (χ4n) is 2.96. The molecule has 1 amide bonds. The minimum absolute atomic E-state index is 0.0125. The van der Waals surface area contributed by atoms with Crippen LogP contribution in [0.25, 0.3) is 6.08 Å².